The number of amides is 2. The lowest BCUT2D eigenvalue weighted by Crippen LogP contribution is -2.61. The summed E-state index contributed by atoms with van der Waals surface area (Å²) in [6.45, 7) is 21.7. The van der Waals surface area contributed by atoms with Crippen LogP contribution in [0.5, 0.6) is 0 Å². The lowest BCUT2D eigenvalue weighted by Gasteiger charge is -2.51. The molecule has 20 heavy (non-hydrogen) atoms. The third-order valence-corrected chi connectivity index (χ3v) is 3.36. The summed E-state index contributed by atoms with van der Waals surface area (Å²) >= 11 is 0. The van der Waals surface area contributed by atoms with Crippen LogP contribution < -0.4 is 5.73 Å². The molecular formula is C17H36N2O. The van der Waals surface area contributed by atoms with Crippen LogP contribution in [0.4, 0.5) is 4.79 Å². The van der Waals surface area contributed by atoms with E-state index in [0.29, 0.717) is 0 Å². The fourth-order valence-corrected chi connectivity index (χ4v) is 4.17. The van der Waals surface area contributed by atoms with Gasteiger partial charge < -0.3 is 10.6 Å². The molecule has 0 spiro atoms. The summed E-state index contributed by atoms with van der Waals surface area (Å²) in [5, 5.41) is 0. The van der Waals surface area contributed by atoms with Crippen molar-refractivity contribution in [2.75, 3.05) is 0 Å². The fourth-order valence-electron chi connectivity index (χ4n) is 4.17. The molecule has 0 aliphatic heterocycles. The minimum absolute atomic E-state index is 0.148. The third kappa shape index (κ3) is 6.15. The number of carbonyl (C=O) groups excluding carboxylic acids is 1. The second kappa shape index (κ2) is 5.57. The van der Waals surface area contributed by atoms with E-state index in [0.717, 1.165) is 12.8 Å². The molecule has 0 radical (unpaired) electrons. The van der Waals surface area contributed by atoms with E-state index in [2.05, 4.69) is 69.2 Å². The average molecular weight is 284 g/mol. The largest absolute Gasteiger partial charge is 0.351 e. The van der Waals surface area contributed by atoms with Crippen LogP contribution in [0.1, 0.15) is 82.1 Å². The minimum Gasteiger partial charge on any atom is -0.351 e. The summed E-state index contributed by atoms with van der Waals surface area (Å²) in [5.41, 5.74) is 5.50. The van der Waals surface area contributed by atoms with Crippen molar-refractivity contribution < 1.29 is 4.79 Å². The van der Waals surface area contributed by atoms with Crippen molar-refractivity contribution in [2.24, 2.45) is 16.6 Å². The zero-order valence-corrected chi connectivity index (χ0v) is 15.3. The Hall–Kier alpha value is -0.730. The van der Waals surface area contributed by atoms with Gasteiger partial charge in [-0.15, -0.1) is 0 Å². The van der Waals surface area contributed by atoms with Gasteiger partial charge in [0.05, 0.1) is 0 Å². The van der Waals surface area contributed by atoms with Crippen LogP contribution in [0.15, 0.2) is 0 Å². The summed E-state index contributed by atoms with van der Waals surface area (Å²) < 4.78 is 0. The van der Waals surface area contributed by atoms with Crippen LogP contribution in [0, 0.1) is 10.8 Å². The molecule has 0 unspecified atom stereocenters. The predicted octanol–water partition coefficient (Wildman–Crippen LogP) is 4.80. The van der Waals surface area contributed by atoms with Crippen LogP contribution in [-0.2, 0) is 0 Å². The fraction of sp³-hybridized carbons (Fsp3) is 0.941. The van der Waals surface area contributed by atoms with Crippen LogP contribution in [0.25, 0.3) is 0 Å². The highest BCUT2D eigenvalue weighted by molar-refractivity contribution is 5.74. The van der Waals surface area contributed by atoms with Crippen molar-refractivity contribution >= 4 is 6.03 Å². The zero-order chi connectivity index (χ0) is 16.6. The summed E-state index contributed by atoms with van der Waals surface area (Å²) in [7, 11) is 0. The van der Waals surface area contributed by atoms with Gasteiger partial charge >= 0.3 is 6.03 Å². The van der Waals surface area contributed by atoms with E-state index < -0.39 is 0 Å². The number of urea groups is 1. The molecule has 2 N–H and O–H groups in total. The van der Waals surface area contributed by atoms with E-state index >= 15 is 0 Å². The van der Waals surface area contributed by atoms with Gasteiger partial charge in [-0.1, -0.05) is 41.5 Å². The Bertz CT molecular complexity index is 315. The molecule has 3 heteroatoms. The molecule has 2 amide bonds. The maximum absolute atomic E-state index is 12.1. The highest BCUT2D eigenvalue weighted by Crippen LogP contribution is 2.39. The van der Waals surface area contributed by atoms with Crippen LogP contribution in [0.2, 0.25) is 0 Å². The van der Waals surface area contributed by atoms with Gasteiger partial charge in [-0.2, -0.15) is 0 Å². The molecule has 0 saturated heterocycles. The average Bonchev–Trinajstić information content (AvgIpc) is 1.87. The van der Waals surface area contributed by atoms with Crippen LogP contribution in [0.3, 0.4) is 0 Å². The zero-order valence-electron chi connectivity index (χ0n) is 15.3. The molecule has 0 saturated carbocycles. The van der Waals surface area contributed by atoms with Crippen molar-refractivity contribution in [2.45, 2.75) is 93.2 Å². The standard InChI is InChI=1S/C17H36N2O/c1-14(2,3)11-16(7,8)19(13(18)20)17(9,10)12-15(4,5)6/h11-12H2,1-10H3,(H2,18,20). The summed E-state index contributed by atoms with van der Waals surface area (Å²) in [4.78, 5) is 14.0. The normalized spacial score (nSPS) is 14.3. The Labute approximate surface area is 126 Å². The van der Waals surface area contributed by atoms with Crippen LogP contribution >= 0.6 is 0 Å². The van der Waals surface area contributed by atoms with E-state index in [1.807, 2.05) is 4.90 Å². The molecule has 0 aromatic carbocycles. The molecule has 0 aromatic heterocycles. The second-order valence-corrected chi connectivity index (χ2v) is 9.77. The Morgan fingerprint density at radius 1 is 0.750 bits per heavy atom. The molecule has 0 fully saturated rings. The number of primary amides is 1. The minimum atomic E-state index is -0.325. The number of hydrogen-bond donors (Lipinski definition) is 1. The van der Waals surface area contributed by atoms with Gasteiger partial charge in [0.15, 0.2) is 0 Å². The Balaban J connectivity index is 5.49. The summed E-state index contributed by atoms with van der Waals surface area (Å²) in [6.07, 6.45) is 1.83. The number of rotatable bonds is 4. The summed E-state index contributed by atoms with van der Waals surface area (Å²) in [6, 6.07) is -0.325. The van der Waals surface area contributed by atoms with Gasteiger partial charge in [-0.05, 0) is 51.4 Å². The molecule has 0 aliphatic carbocycles. The Morgan fingerprint density at radius 2 is 1.00 bits per heavy atom. The molecule has 0 aliphatic rings. The lowest BCUT2D eigenvalue weighted by atomic mass is 9.75. The van der Waals surface area contributed by atoms with E-state index in [-0.39, 0.29) is 27.9 Å². The van der Waals surface area contributed by atoms with Crippen molar-refractivity contribution in [3.05, 3.63) is 0 Å². The van der Waals surface area contributed by atoms with E-state index in [1.54, 1.807) is 0 Å². The van der Waals surface area contributed by atoms with Crippen molar-refractivity contribution in [3.63, 3.8) is 0 Å². The topological polar surface area (TPSA) is 46.3 Å². The Morgan fingerprint density at radius 3 is 1.15 bits per heavy atom. The predicted molar refractivity (Wildman–Crippen MR) is 87.7 cm³/mol. The first kappa shape index (κ1) is 19.3. The van der Waals surface area contributed by atoms with Gasteiger partial charge in [0.1, 0.15) is 0 Å². The highest BCUT2D eigenvalue weighted by atomic mass is 16.2. The van der Waals surface area contributed by atoms with Gasteiger partial charge in [0.25, 0.3) is 0 Å². The smallest absolute Gasteiger partial charge is 0.315 e. The van der Waals surface area contributed by atoms with Crippen molar-refractivity contribution in [1.29, 1.82) is 0 Å². The molecule has 0 rings (SSSR count). The molecule has 0 heterocycles. The number of nitrogens with zero attached hydrogens (tertiary/aromatic N) is 1. The van der Waals surface area contributed by atoms with Gasteiger partial charge in [0.2, 0.25) is 0 Å². The first-order chi connectivity index (χ1) is 8.48. The van der Waals surface area contributed by atoms with Crippen molar-refractivity contribution in [3.8, 4) is 0 Å². The van der Waals surface area contributed by atoms with Gasteiger partial charge in [-0.3, -0.25) is 0 Å². The monoisotopic (exact) mass is 284 g/mol. The molecular weight excluding hydrogens is 248 g/mol. The first-order valence-electron chi connectivity index (χ1n) is 7.58. The van der Waals surface area contributed by atoms with Crippen molar-refractivity contribution in [1.82, 2.24) is 4.90 Å². The van der Waals surface area contributed by atoms with Crippen LogP contribution in [-0.4, -0.2) is 22.0 Å². The molecule has 0 aromatic rings. The van der Waals surface area contributed by atoms with Gasteiger partial charge in [0, 0.05) is 11.1 Å². The highest BCUT2D eigenvalue weighted by Gasteiger charge is 2.43. The molecule has 120 valence electrons. The van der Waals surface area contributed by atoms with E-state index in [4.69, 9.17) is 5.73 Å². The van der Waals surface area contributed by atoms with E-state index in [9.17, 15) is 4.79 Å². The molecule has 3 nitrogen and oxygen atoms in total. The number of hydrogen-bond acceptors (Lipinski definition) is 1. The number of nitrogens with two attached hydrogens (primary N) is 1. The maximum atomic E-state index is 12.1. The molecule has 0 bridgehead atoms. The SMILES string of the molecule is CC(C)(C)CC(C)(C)N(C(N)=O)C(C)(C)CC(C)(C)C. The molecule has 0 atom stereocenters. The summed E-state index contributed by atoms with van der Waals surface area (Å²) in [5.74, 6) is 0. The number of carbonyl (C=O) groups is 1. The first-order valence-corrected chi connectivity index (χ1v) is 7.58. The van der Waals surface area contributed by atoms with Gasteiger partial charge in [-0.25, -0.2) is 4.79 Å². The lowest BCUT2D eigenvalue weighted by molar-refractivity contribution is 0.0141. The third-order valence-electron chi connectivity index (χ3n) is 3.36. The quantitative estimate of drug-likeness (QED) is 0.792. The second-order valence-electron chi connectivity index (χ2n) is 9.77. The maximum Gasteiger partial charge on any atom is 0.315 e. The van der Waals surface area contributed by atoms with E-state index in [1.165, 1.54) is 0 Å². The Kier molecular flexibility index (Phi) is 5.37.